The summed E-state index contributed by atoms with van der Waals surface area (Å²) in [5, 5.41) is 0. The van der Waals surface area contributed by atoms with Crippen LogP contribution in [-0.4, -0.2) is 59.8 Å². The fourth-order valence-corrected chi connectivity index (χ4v) is 13.7. The molecule has 0 bridgehead atoms. The van der Waals surface area contributed by atoms with E-state index in [4.69, 9.17) is 0 Å². The Morgan fingerprint density at radius 2 is 0.507 bits per heavy atom. The third kappa shape index (κ3) is 33.0. The van der Waals surface area contributed by atoms with Crippen molar-refractivity contribution in [1.29, 1.82) is 0 Å². The zero-order chi connectivity index (χ0) is 93.7. The maximum atomic E-state index is 4.55. The first-order valence-corrected chi connectivity index (χ1v) is 44.3. The fourth-order valence-electron chi connectivity index (χ4n) is 13.7. The van der Waals surface area contributed by atoms with Crippen molar-refractivity contribution in [2.24, 2.45) is 0 Å². The predicted octanol–water partition coefficient (Wildman–Crippen LogP) is 29.1. The van der Waals surface area contributed by atoms with E-state index in [1.54, 1.807) is 31.5 Å². The quantitative estimate of drug-likeness (QED) is 0.107. The number of aromatic nitrogens is 12. The van der Waals surface area contributed by atoms with Crippen molar-refractivity contribution < 1.29 is 80.4 Å². The molecular formula is C122H104Ir4N12-8. The summed E-state index contributed by atoms with van der Waals surface area (Å²) in [5.74, 6) is 0. The SMILES string of the molecule is CC(C)(C)c1cc(-c2[c-]cccc2)ncn1.CC(C)(C)c1cc(-c2[c-]cccc2)ncn1.Cc1cc(-c2[c-]cccc2)ncc1-c1ccccc1.Cc1cc(-c2[c-]cccc2)ncc1-c1ccccc1.Cc1cc(-c2[c-]cccc2)ncn1.Cc1cc(-c2[c-]cccc2)ncn1.Cc1cnc(-c2[c-]ccc(-c3ccccc3)c2)cc1C.[Ir].[Ir].[Ir].[Ir].[c-]1cc(-c2ccccc2)ccc1-c1ccccn1. The Balaban J connectivity index is 0.000000176. The number of hydrogen-bond acceptors (Lipinski definition) is 12. The third-order valence-electron chi connectivity index (χ3n) is 21.2. The largest absolute Gasteiger partial charge is 0.305 e. The van der Waals surface area contributed by atoms with Crippen LogP contribution in [0.1, 0.15) is 86.6 Å². The molecule has 16 heteroatoms. The van der Waals surface area contributed by atoms with Gasteiger partial charge in [0, 0.05) is 150 Å². The molecule has 8 heterocycles. The monoisotopic (exact) mass is 2510 g/mol. The fraction of sp³-hybridized carbons (Fsp3) is 0.115. The first-order valence-electron chi connectivity index (χ1n) is 44.3. The molecule has 0 saturated heterocycles. The Hall–Kier alpha value is -13.8. The number of aryl methyl sites for hydroxylation is 6. The molecule has 0 N–H and O–H groups in total. The summed E-state index contributed by atoms with van der Waals surface area (Å²) >= 11 is 0. The van der Waals surface area contributed by atoms with Crippen molar-refractivity contribution in [2.45, 2.75) is 93.9 Å². The third-order valence-corrected chi connectivity index (χ3v) is 21.2. The summed E-state index contributed by atoms with van der Waals surface area (Å²) < 4.78 is 0. The number of benzene rings is 12. The van der Waals surface area contributed by atoms with Gasteiger partial charge < -0.3 is 19.9 Å². The minimum absolute atomic E-state index is 0. The van der Waals surface area contributed by atoms with Crippen LogP contribution in [0.25, 0.3) is 135 Å². The van der Waals surface area contributed by atoms with Crippen molar-refractivity contribution in [3.05, 3.63) is 508 Å². The first-order chi connectivity index (χ1) is 65.2. The molecule has 8 aromatic heterocycles. The summed E-state index contributed by atoms with van der Waals surface area (Å²) in [5.41, 5.74) is 34.4. The van der Waals surface area contributed by atoms with Gasteiger partial charge in [0.2, 0.25) is 0 Å². The number of pyridine rings is 4. The molecule has 0 fully saturated rings. The van der Waals surface area contributed by atoms with Gasteiger partial charge in [0.25, 0.3) is 0 Å². The summed E-state index contributed by atoms with van der Waals surface area (Å²) in [6.45, 7) is 25.2. The van der Waals surface area contributed by atoms with E-state index in [9.17, 15) is 0 Å². The second-order valence-electron chi connectivity index (χ2n) is 33.4. The van der Waals surface area contributed by atoms with E-state index >= 15 is 0 Å². The molecule has 0 aliphatic heterocycles. The summed E-state index contributed by atoms with van der Waals surface area (Å²) in [6.07, 6.45) is 14.0. The van der Waals surface area contributed by atoms with Gasteiger partial charge in [0.1, 0.15) is 25.3 Å². The molecule has 138 heavy (non-hydrogen) atoms. The maximum Gasteiger partial charge on any atom is 0.105 e. The van der Waals surface area contributed by atoms with Crippen LogP contribution in [0.3, 0.4) is 0 Å². The summed E-state index contributed by atoms with van der Waals surface area (Å²) in [7, 11) is 0. The topological polar surface area (TPSA) is 155 Å². The molecule has 0 atom stereocenters. The molecule has 12 nitrogen and oxygen atoms in total. The van der Waals surface area contributed by atoms with Gasteiger partial charge in [-0.2, -0.15) is 0 Å². The molecule has 12 aromatic carbocycles. The standard InChI is InChI=1S/C19H16N.2C18H14N.C17H12N.2C14H15N2.2C11H9N2.4Ir/c1-14-11-19(20-13-15(14)2)18-10-6-9-17(12-18)16-7-4-3-5-8-16;2*1-14-12-18(16-10-6-3-7-11-16)19-13-17(14)15-8-4-2-5-9-15;1-2-6-14(7-3-1)15-9-11-16(12-10-15)17-8-4-5-13-18-17;2*1-14(2,3)13-9-12(15-10-16-13)11-7-5-4-6-8-11;2*1-9-7-11(13-8-12-9)10-5-3-2-4-6-10;;;;/h3-9,11-13H,1-2H3;2*2-10,12-13H,1H3;1-11,13H;2*4-7,9-10H,1-3H3;2*2-5,7-8H,1H3;;;;/q8*-1;;;;. The summed E-state index contributed by atoms with van der Waals surface area (Å²) in [6, 6.07) is 147. The zero-order valence-corrected chi connectivity index (χ0v) is 88.5. The Kier molecular flexibility index (Phi) is 43.3. The molecule has 20 rings (SSSR count). The minimum atomic E-state index is 0. The van der Waals surface area contributed by atoms with Crippen molar-refractivity contribution in [2.75, 3.05) is 0 Å². The van der Waals surface area contributed by atoms with Gasteiger partial charge in [0.05, 0.1) is 0 Å². The van der Waals surface area contributed by atoms with Crippen molar-refractivity contribution >= 4 is 0 Å². The second kappa shape index (κ2) is 55.4. The molecule has 0 aliphatic rings. The van der Waals surface area contributed by atoms with E-state index in [-0.39, 0.29) is 91.3 Å². The molecule has 4 radical (unpaired) electrons. The molecule has 0 unspecified atom stereocenters. The molecule has 0 amide bonds. The number of rotatable bonds is 12. The maximum absolute atomic E-state index is 4.55. The van der Waals surface area contributed by atoms with Gasteiger partial charge in [-0.05, 0) is 127 Å². The van der Waals surface area contributed by atoms with Crippen LogP contribution in [0.4, 0.5) is 0 Å². The summed E-state index contributed by atoms with van der Waals surface area (Å²) in [4.78, 5) is 51.5. The zero-order valence-electron chi connectivity index (χ0n) is 79.0. The second-order valence-corrected chi connectivity index (χ2v) is 33.4. The van der Waals surface area contributed by atoms with Crippen LogP contribution in [0.2, 0.25) is 0 Å². The van der Waals surface area contributed by atoms with E-state index in [0.29, 0.717) is 0 Å². The van der Waals surface area contributed by atoms with E-state index in [1.165, 1.54) is 66.8 Å². The van der Waals surface area contributed by atoms with Crippen molar-refractivity contribution in [3.63, 3.8) is 0 Å². The van der Waals surface area contributed by atoms with E-state index < -0.39 is 0 Å². The minimum Gasteiger partial charge on any atom is -0.305 e. The van der Waals surface area contributed by atoms with E-state index in [2.05, 4.69) is 281 Å². The van der Waals surface area contributed by atoms with Crippen LogP contribution >= 0.6 is 0 Å². The Morgan fingerprint density at radius 3 is 0.833 bits per heavy atom. The molecule has 0 spiro atoms. The Morgan fingerprint density at radius 1 is 0.196 bits per heavy atom. The Bertz CT molecular complexity index is 6610. The van der Waals surface area contributed by atoms with E-state index in [1.807, 2.05) is 293 Å². The number of nitrogens with zero attached hydrogens (tertiary/aromatic N) is 12. The molecule has 20 aromatic rings. The Labute approximate surface area is 868 Å². The van der Waals surface area contributed by atoms with Gasteiger partial charge in [-0.3, -0.25) is 19.9 Å². The van der Waals surface area contributed by atoms with Gasteiger partial charge >= 0.3 is 0 Å². The van der Waals surface area contributed by atoms with Crippen LogP contribution in [0.5, 0.6) is 0 Å². The molecular weight excluding hydrogens is 2400 g/mol. The first kappa shape index (κ1) is 108. The van der Waals surface area contributed by atoms with Crippen LogP contribution in [-0.2, 0) is 91.3 Å². The van der Waals surface area contributed by atoms with Crippen LogP contribution in [0.15, 0.2) is 414 Å². The van der Waals surface area contributed by atoms with Gasteiger partial charge in [-0.15, -0.1) is 281 Å². The van der Waals surface area contributed by atoms with Crippen LogP contribution in [0, 0.1) is 90.1 Å². The van der Waals surface area contributed by atoms with Gasteiger partial charge in [-0.1, -0.05) is 234 Å². The smallest absolute Gasteiger partial charge is 0.105 e. The normalized spacial score (nSPS) is 10.2. The average Bonchev–Trinajstić information content (AvgIpc) is 0.832. The van der Waals surface area contributed by atoms with Gasteiger partial charge in [0.15, 0.2) is 0 Å². The molecule has 0 saturated carbocycles. The van der Waals surface area contributed by atoms with Gasteiger partial charge in [-0.25, -0.2) is 19.9 Å². The number of hydrogen-bond donors (Lipinski definition) is 0. The average molecular weight is 2510 g/mol. The van der Waals surface area contributed by atoms with Crippen molar-refractivity contribution in [1.82, 2.24) is 59.8 Å². The van der Waals surface area contributed by atoms with Crippen molar-refractivity contribution in [3.8, 4) is 135 Å². The molecule has 0 aliphatic carbocycles. The predicted molar refractivity (Wildman–Crippen MR) is 547 cm³/mol. The molecule has 696 valence electrons. The van der Waals surface area contributed by atoms with E-state index in [0.717, 1.165) is 113 Å². The van der Waals surface area contributed by atoms with Crippen LogP contribution < -0.4 is 0 Å².